The molecule has 0 bridgehead atoms. The number of ether oxygens (including phenoxy) is 1. The van der Waals surface area contributed by atoms with Gasteiger partial charge in [0.05, 0.1) is 25.0 Å². The van der Waals surface area contributed by atoms with Crippen molar-refractivity contribution >= 4 is 5.69 Å². The molecular weight excluding hydrogens is 194 g/mol. The van der Waals surface area contributed by atoms with Gasteiger partial charge in [-0.3, -0.25) is 0 Å². The average molecular weight is 207 g/mol. The summed E-state index contributed by atoms with van der Waals surface area (Å²) in [6.07, 6.45) is 1.57. The zero-order chi connectivity index (χ0) is 11.0. The Morgan fingerprint density at radius 2 is 1.87 bits per heavy atom. The molecule has 0 amide bonds. The molecule has 80 valence electrons. The number of methoxy groups -OCH3 is 1. The number of aliphatic hydroxyl groups is 2. The van der Waals surface area contributed by atoms with E-state index in [1.165, 1.54) is 13.2 Å². The van der Waals surface area contributed by atoms with Crippen LogP contribution in [0.1, 0.15) is 23.3 Å². The molecule has 1 aliphatic rings. The van der Waals surface area contributed by atoms with Gasteiger partial charge in [0.15, 0.2) is 0 Å². The number of hydrogen-bond acceptors (Lipinski definition) is 4. The van der Waals surface area contributed by atoms with Gasteiger partial charge in [-0.25, -0.2) is 0 Å². The van der Waals surface area contributed by atoms with Crippen LogP contribution in [0.25, 0.3) is 0 Å². The summed E-state index contributed by atoms with van der Waals surface area (Å²) >= 11 is 0. The lowest BCUT2D eigenvalue weighted by Crippen LogP contribution is -2.12. The summed E-state index contributed by atoms with van der Waals surface area (Å²) in [4.78, 5) is 0. The SMILES string of the molecule is COc1ccc2c(c1N)C(O)C=CC2O. The van der Waals surface area contributed by atoms with Crippen LogP contribution in [0.15, 0.2) is 24.3 Å². The Hall–Kier alpha value is -1.52. The number of nitrogens with two attached hydrogens (primary N) is 1. The van der Waals surface area contributed by atoms with Gasteiger partial charge >= 0.3 is 0 Å². The molecule has 4 nitrogen and oxygen atoms in total. The van der Waals surface area contributed by atoms with Crippen LogP contribution in [0.4, 0.5) is 5.69 Å². The predicted molar refractivity (Wildman–Crippen MR) is 56.5 cm³/mol. The quantitative estimate of drug-likeness (QED) is 0.472. The van der Waals surface area contributed by atoms with E-state index in [1.807, 2.05) is 0 Å². The molecular formula is C11H13NO3. The van der Waals surface area contributed by atoms with E-state index < -0.39 is 12.2 Å². The van der Waals surface area contributed by atoms with Gasteiger partial charge in [-0.15, -0.1) is 0 Å². The second-order valence-electron chi connectivity index (χ2n) is 3.46. The van der Waals surface area contributed by atoms with Crippen molar-refractivity contribution in [1.29, 1.82) is 0 Å². The van der Waals surface area contributed by atoms with Crippen LogP contribution in [-0.2, 0) is 0 Å². The Morgan fingerprint density at radius 1 is 1.20 bits per heavy atom. The molecule has 1 aromatic rings. The van der Waals surface area contributed by atoms with Crippen LogP contribution in [-0.4, -0.2) is 17.3 Å². The lowest BCUT2D eigenvalue weighted by Gasteiger charge is -2.23. The van der Waals surface area contributed by atoms with E-state index in [9.17, 15) is 10.2 Å². The second-order valence-corrected chi connectivity index (χ2v) is 3.46. The number of anilines is 1. The highest BCUT2D eigenvalue weighted by molar-refractivity contribution is 5.64. The molecule has 4 heteroatoms. The third-order valence-electron chi connectivity index (χ3n) is 2.59. The van der Waals surface area contributed by atoms with Gasteiger partial charge in [0, 0.05) is 5.56 Å². The Bertz CT molecular complexity index is 415. The highest BCUT2D eigenvalue weighted by atomic mass is 16.5. The van der Waals surface area contributed by atoms with Crippen molar-refractivity contribution in [3.63, 3.8) is 0 Å². The van der Waals surface area contributed by atoms with Crippen LogP contribution in [0.5, 0.6) is 5.75 Å². The van der Waals surface area contributed by atoms with Crippen molar-refractivity contribution in [2.24, 2.45) is 0 Å². The van der Waals surface area contributed by atoms with Crippen molar-refractivity contribution in [1.82, 2.24) is 0 Å². The Labute approximate surface area is 87.6 Å². The van der Waals surface area contributed by atoms with Crippen molar-refractivity contribution in [2.75, 3.05) is 12.8 Å². The minimum absolute atomic E-state index is 0.380. The maximum atomic E-state index is 9.75. The van der Waals surface area contributed by atoms with E-state index in [4.69, 9.17) is 10.5 Å². The summed E-state index contributed by atoms with van der Waals surface area (Å²) in [5, 5.41) is 19.4. The Kier molecular flexibility index (Phi) is 2.38. The average Bonchev–Trinajstić information content (AvgIpc) is 2.23. The van der Waals surface area contributed by atoms with Crippen LogP contribution in [0.2, 0.25) is 0 Å². The van der Waals surface area contributed by atoms with Gasteiger partial charge in [0.2, 0.25) is 0 Å². The normalized spacial score (nSPS) is 23.7. The molecule has 0 aromatic heterocycles. The summed E-state index contributed by atoms with van der Waals surface area (Å²) in [5.74, 6) is 0.510. The first-order valence-corrected chi connectivity index (χ1v) is 4.66. The van der Waals surface area contributed by atoms with Gasteiger partial charge in [-0.2, -0.15) is 0 Å². The van der Waals surface area contributed by atoms with E-state index in [2.05, 4.69) is 0 Å². The van der Waals surface area contributed by atoms with Crippen molar-refractivity contribution < 1.29 is 14.9 Å². The fourth-order valence-corrected chi connectivity index (χ4v) is 1.81. The molecule has 1 aliphatic carbocycles. The molecule has 0 aliphatic heterocycles. The zero-order valence-electron chi connectivity index (χ0n) is 8.34. The molecule has 0 saturated carbocycles. The zero-order valence-corrected chi connectivity index (χ0v) is 8.34. The van der Waals surface area contributed by atoms with Crippen LogP contribution < -0.4 is 10.5 Å². The number of hydrogen-bond donors (Lipinski definition) is 3. The fraction of sp³-hybridized carbons (Fsp3) is 0.273. The summed E-state index contributed by atoms with van der Waals surface area (Å²) in [7, 11) is 1.51. The standard InChI is InChI=1S/C11H13NO3/c1-15-9-5-2-6-7(13)3-4-8(14)10(6)11(9)12/h2-5,7-8,13-14H,12H2,1H3. The number of nitrogen functional groups attached to an aromatic ring is 1. The molecule has 2 unspecified atom stereocenters. The number of aliphatic hydroxyl groups excluding tert-OH is 2. The molecule has 1 aromatic carbocycles. The van der Waals surface area contributed by atoms with E-state index >= 15 is 0 Å². The van der Waals surface area contributed by atoms with Crippen LogP contribution in [0, 0.1) is 0 Å². The molecule has 15 heavy (non-hydrogen) atoms. The fourth-order valence-electron chi connectivity index (χ4n) is 1.81. The van der Waals surface area contributed by atoms with Crippen molar-refractivity contribution in [2.45, 2.75) is 12.2 Å². The molecule has 0 saturated heterocycles. The minimum Gasteiger partial charge on any atom is -0.495 e. The first kappa shape index (κ1) is 10.0. The molecule has 0 fully saturated rings. The summed E-state index contributed by atoms with van der Waals surface area (Å²) in [5.41, 5.74) is 7.38. The second kappa shape index (κ2) is 3.56. The maximum absolute atomic E-state index is 9.75. The van der Waals surface area contributed by atoms with Gasteiger partial charge in [-0.05, 0) is 11.6 Å². The van der Waals surface area contributed by atoms with E-state index in [0.29, 0.717) is 22.6 Å². The number of fused-ring (bicyclic) bond motifs is 1. The largest absolute Gasteiger partial charge is 0.495 e. The first-order valence-electron chi connectivity index (χ1n) is 4.66. The van der Waals surface area contributed by atoms with Gasteiger partial charge in [-0.1, -0.05) is 18.2 Å². The molecule has 2 atom stereocenters. The predicted octanol–water partition coefficient (Wildman–Crippen LogP) is 0.914. The number of benzene rings is 1. The van der Waals surface area contributed by atoms with Gasteiger partial charge < -0.3 is 20.7 Å². The van der Waals surface area contributed by atoms with E-state index in [-0.39, 0.29) is 0 Å². The minimum atomic E-state index is -0.779. The highest BCUT2D eigenvalue weighted by Crippen LogP contribution is 2.39. The lowest BCUT2D eigenvalue weighted by atomic mass is 9.91. The van der Waals surface area contributed by atoms with Crippen LogP contribution in [0.3, 0.4) is 0 Å². The lowest BCUT2D eigenvalue weighted by molar-refractivity contribution is 0.188. The molecule has 0 heterocycles. The monoisotopic (exact) mass is 207 g/mol. The molecule has 4 N–H and O–H groups in total. The summed E-state index contributed by atoms with van der Waals surface area (Å²) < 4.78 is 5.05. The molecule has 0 radical (unpaired) electrons. The number of rotatable bonds is 1. The summed E-state index contributed by atoms with van der Waals surface area (Å²) in [6.45, 7) is 0. The third kappa shape index (κ3) is 1.48. The summed E-state index contributed by atoms with van der Waals surface area (Å²) in [6, 6.07) is 3.39. The first-order chi connectivity index (χ1) is 7.15. The maximum Gasteiger partial charge on any atom is 0.142 e. The van der Waals surface area contributed by atoms with Crippen molar-refractivity contribution in [3.8, 4) is 5.75 Å². The van der Waals surface area contributed by atoms with Gasteiger partial charge in [0.25, 0.3) is 0 Å². The van der Waals surface area contributed by atoms with E-state index in [1.54, 1.807) is 18.2 Å². The topological polar surface area (TPSA) is 75.7 Å². The third-order valence-corrected chi connectivity index (χ3v) is 2.59. The molecule has 0 spiro atoms. The Balaban J connectivity index is 2.61. The van der Waals surface area contributed by atoms with Crippen LogP contribution >= 0.6 is 0 Å². The van der Waals surface area contributed by atoms with Gasteiger partial charge in [0.1, 0.15) is 5.75 Å². The van der Waals surface area contributed by atoms with E-state index in [0.717, 1.165) is 0 Å². The van der Waals surface area contributed by atoms with Crippen molar-refractivity contribution in [3.05, 3.63) is 35.4 Å². The highest BCUT2D eigenvalue weighted by Gasteiger charge is 2.23. The molecule has 2 rings (SSSR count). The smallest absolute Gasteiger partial charge is 0.142 e. The Morgan fingerprint density at radius 3 is 2.53 bits per heavy atom.